The van der Waals surface area contributed by atoms with Gasteiger partial charge in [-0.1, -0.05) is 28.1 Å². The summed E-state index contributed by atoms with van der Waals surface area (Å²) in [4.78, 5) is 0. The summed E-state index contributed by atoms with van der Waals surface area (Å²) >= 11 is 3.30. The SMILES string of the molecule is COc1cccc(CC(CBr)COCC(F)(F)F)c1. The first-order chi connectivity index (χ1) is 8.94. The van der Waals surface area contributed by atoms with E-state index in [4.69, 9.17) is 9.47 Å². The van der Waals surface area contributed by atoms with Gasteiger partial charge in [0.2, 0.25) is 0 Å². The number of alkyl halides is 4. The van der Waals surface area contributed by atoms with Crippen LogP contribution in [0.3, 0.4) is 0 Å². The third-order valence-corrected chi connectivity index (χ3v) is 3.41. The van der Waals surface area contributed by atoms with Crippen LogP contribution in [0.2, 0.25) is 0 Å². The molecule has 0 bridgehead atoms. The minimum absolute atomic E-state index is 0.00513. The van der Waals surface area contributed by atoms with E-state index in [0.717, 1.165) is 11.3 Å². The lowest BCUT2D eigenvalue weighted by molar-refractivity contribution is -0.176. The fourth-order valence-corrected chi connectivity index (χ4v) is 2.05. The Balaban J connectivity index is 2.47. The topological polar surface area (TPSA) is 18.5 Å². The van der Waals surface area contributed by atoms with Gasteiger partial charge in [0.15, 0.2) is 0 Å². The van der Waals surface area contributed by atoms with Gasteiger partial charge >= 0.3 is 6.18 Å². The van der Waals surface area contributed by atoms with Gasteiger partial charge in [0.1, 0.15) is 12.4 Å². The first-order valence-electron chi connectivity index (χ1n) is 5.78. The molecule has 1 aromatic rings. The first-order valence-corrected chi connectivity index (χ1v) is 6.90. The predicted octanol–water partition coefficient (Wildman–Crippen LogP) is 3.83. The Bertz CT molecular complexity index is 382. The summed E-state index contributed by atoms with van der Waals surface area (Å²) < 4.78 is 45.7. The van der Waals surface area contributed by atoms with Gasteiger partial charge < -0.3 is 9.47 Å². The van der Waals surface area contributed by atoms with Crippen LogP contribution in [-0.2, 0) is 11.2 Å². The number of benzene rings is 1. The van der Waals surface area contributed by atoms with E-state index in [1.165, 1.54) is 0 Å². The second kappa shape index (κ2) is 7.75. The maximum Gasteiger partial charge on any atom is 0.411 e. The van der Waals surface area contributed by atoms with E-state index < -0.39 is 12.8 Å². The van der Waals surface area contributed by atoms with Crippen molar-refractivity contribution in [3.63, 3.8) is 0 Å². The highest BCUT2D eigenvalue weighted by Gasteiger charge is 2.27. The lowest BCUT2D eigenvalue weighted by Crippen LogP contribution is -2.22. The van der Waals surface area contributed by atoms with E-state index in [0.29, 0.717) is 11.8 Å². The number of rotatable bonds is 7. The zero-order valence-corrected chi connectivity index (χ0v) is 12.1. The van der Waals surface area contributed by atoms with Crippen molar-refractivity contribution in [2.24, 2.45) is 5.92 Å². The van der Waals surface area contributed by atoms with Crippen LogP contribution in [0, 0.1) is 5.92 Å². The molecule has 0 spiro atoms. The fraction of sp³-hybridized carbons (Fsp3) is 0.538. The van der Waals surface area contributed by atoms with E-state index in [9.17, 15) is 13.2 Å². The van der Waals surface area contributed by atoms with Crippen molar-refractivity contribution in [1.29, 1.82) is 0 Å². The molecule has 0 aliphatic rings. The standard InChI is InChI=1S/C13H16BrF3O2/c1-18-12-4-2-3-10(6-12)5-11(7-14)8-19-9-13(15,16)17/h2-4,6,11H,5,7-9H2,1H3. The molecule has 0 aliphatic heterocycles. The minimum atomic E-state index is -4.27. The Morgan fingerprint density at radius 2 is 2.05 bits per heavy atom. The zero-order chi connectivity index (χ0) is 14.3. The highest BCUT2D eigenvalue weighted by atomic mass is 79.9. The van der Waals surface area contributed by atoms with Crippen LogP contribution in [0.1, 0.15) is 5.56 Å². The summed E-state index contributed by atoms with van der Waals surface area (Å²) in [5, 5.41) is 0.585. The Labute approximate surface area is 119 Å². The molecule has 0 amide bonds. The number of ether oxygens (including phenoxy) is 2. The van der Waals surface area contributed by atoms with E-state index in [1.807, 2.05) is 24.3 Å². The maximum atomic E-state index is 12.0. The van der Waals surface area contributed by atoms with Crippen LogP contribution in [0.5, 0.6) is 5.75 Å². The van der Waals surface area contributed by atoms with Crippen LogP contribution >= 0.6 is 15.9 Å². The molecule has 1 atom stereocenters. The number of hydrogen-bond acceptors (Lipinski definition) is 2. The molecule has 1 aromatic carbocycles. The molecule has 0 aromatic heterocycles. The second-order valence-electron chi connectivity index (χ2n) is 4.21. The Morgan fingerprint density at radius 3 is 2.63 bits per heavy atom. The van der Waals surface area contributed by atoms with Crippen molar-refractivity contribution in [1.82, 2.24) is 0 Å². The number of methoxy groups -OCH3 is 1. The molecule has 0 aliphatic carbocycles. The quantitative estimate of drug-likeness (QED) is 0.702. The fourth-order valence-electron chi connectivity index (χ4n) is 1.63. The van der Waals surface area contributed by atoms with Gasteiger partial charge in [0, 0.05) is 5.33 Å². The lowest BCUT2D eigenvalue weighted by atomic mass is 10.0. The highest BCUT2D eigenvalue weighted by molar-refractivity contribution is 9.09. The van der Waals surface area contributed by atoms with Crippen molar-refractivity contribution < 1.29 is 22.6 Å². The van der Waals surface area contributed by atoms with Gasteiger partial charge in [-0.3, -0.25) is 0 Å². The average molecular weight is 341 g/mol. The molecular weight excluding hydrogens is 325 g/mol. The van der Waals surface area contributed by atoms with Crippen molar-refractivity contribution in [3.05, 3.63) is 29.8 Å². The molecule has 0 fully saturated rings. The third-order valence-electron chi connectivity index (χ3n) is 2.50. The van der Waals surface area contributed by atoms with Gasteiger partial charge in [0.25, 0.3) is 0 Å². The third kappa shape index (κ3) is 6.82. The molecule has 0 saturated carbocycles. The minimum Gasteiger partial charge on any atom is -0.497 e. The molecule has 2 nitrogen and oxygen atoms in total. The molecule has 1 rings (SSSR count). The van der Waals surface area contributed by atoms with E-state index >= 15 is 0 Å². The van der Waals surface area contributed by atoms with Gasteiger partial charge in [-0.15, -0.1) is 0 Å². The smallest absolute Gasteiger partial charge is 0.411 e. The molecule has 19 heavy (non-hydrogen) atoms. The average Bonchev–Trinajstić information content (AvgIpc) is 2.36. The van der Waals surface area contributed by atoms with Gasteiger partial charge in [-0.2, -0.15) is 13.2 Å². The van der Waals surface area contributed by atoms with Gasteiger partial charge in [-0.25, -0.2) is 0 Å². The van der Waals surface area contributed by atoms with E-state index in [2.05, 4.69) is 15.9 Å². The summed E-state index contributed by atoms with van der Waals surface area (Å²) in [6, 6.07) is 7.48. The van der Waals surface area contributed by atoms with E-state index in [-0.39, 0.29) is 12.5 Å². The van der Waals surface area contributed by atoms with Crippen molar-refractivity contribution in [3.8, 4) is 5.75 Å². The summed E-state index contributed by atoms with van der Waals surface area (Å²) in [6.45, 7) is -1.13. The van der Waals surface area contributed by atoms with Crippen molar-refractivity contribution in [2.45, 2.75) is 12.6 Å². The summed E-state index contributed by atoms with van der Waals surface area (Å²) in [6.07, 6.45) is -3.63. The molecule has 1 unspecified atom stereocenters. The Hall–Kier alpha value is -0.750. The summed E-state index contributed by atoms with van der Waals surface area (Å²) in [5.41, 5.74) is 1.01. The van der Waals surface area contributed by atoms with Gasteiger partial charge in [-0.05, 0) is 30.0 Å². The van der Waals surface area contributed by atoms with Crippen LogP contribution in [-0.4, -0.2) is 31.8 Å². The molecule has 6 heteroatoms. The monoisotopic (exact) mass is 340 g/mol. The molecule has 0 heterocycles. The van der Waals surface area contributed by atoms with Gasteiger partial charge in [0.05, 0.1) is 13.7 Å². The largest absolute Gasteiger partial charge is 0.497 e. The molecule has 0 radical (unpaired) electrons. The van der Waals surface area contributed by atoms with Crippen molar-refractivity contribution in [2.75, 3.05) is 25.7 Å². The molecular formula is C13H16BrF3O2. The number of halogens is 4. The second-order valence-corrected chi connectivity index (χ2v) is 4.85. The predicted molar refractivity (Wildman–Crippen MR) is 70.9 cm³/mol. The molecule has 0 saturated heterocycles. The molecule has 0 N–H and O–H groups in total. The normalized spacial score (nSPS) is 13.3. The summed E-state index contributed by atoms with van der Waals surface area (Å²) in [5.74, 6) is 0.733. The summed E-state index contributed by atoms with van der Waals surface area (Å²) in [7, 11) is 1.58. The Morgan fingerprint density at radius 1 is 1.32 bits per heavy atom. The van der Waals surface area contributed by atoms with Crippen LogP contribution in [0.25, 0.3) is 0 Å². The van der Waals surface area contributed by atoms with E-state index in [1.54, 1.807) is 7.11 Å². The van der Waals surface area contributed by atoms with Crippen LogP contribution < -0.4 is 4.74 Å². The number of hydrogen-bond donors (Lipinski definition) is 0. The van der Waals surface area contributed by atoms with Crippen LogP contribution in [0.15, 0.2) is 24.3 Å². The molecule has 108 valence electrons. The first kappa shape index (κ1) is 16.3. The highest BCUT2D eigenvalue weighted by Crippen LogP contribution is 2.19. The zero-order valence-electron chi connectivity index (χ0n) is 10.5. The van der Waals surface area contributed by atoms with Crippen molar-refractivity contribution >= 4 is 15.9 Å². The van der Waals surface area contributed by atoms with Crippen LogP contribution in [0.4, 0.5) is 13.2 Å². The maximum absolute atomic E-state index is 12.0. The Kier molecular flexibility index (Phi) is 6.65. The lowest BCUT2D eigenvalue weighted by Gasteiger charge is -2.16.